The largest absolute Gasteiger partial charge is 0.416 e. The summed E-state index contributed by atoms with van der Waals surface area (Å²) in [6.07, 6.45) is -10.3. The van der Waals surface area contributed by atoms with Gasteiger partial charge in [0.2, 0.25) is 10.0 Å². The Morgan fingerprint density at radius 1 is 1.03 bits per heavy atom. The van der Waals surface area contributed by atoms with Crippen molar-refractivity contribution in [1.29, 1.82) is 0 Å². The van der Waals surface area contributed by atoms with Crippen molar-refractivity contribution < 1.29 is 39.5 Å². The maximum absolute atomic E-state index is 13.0. The first-order valence-electron chi connectivity index (χ1n) is 8.58. The van der Waals surface area contributed by atoms with E-state index in [0.717, 1.165) is 4.31 Å². The van der Waals surface area contributed by atoms with E-state index in [4.69, 9.17) is 17.0 Å². The third-order valence-electron chi connectivity index (χ3n) is 4.31. The first kappa shape index (κ1) is 24.6. The Kier molecular flexibility index (Phi) is 7.59. The molecule has 1 saturated heterocycles. The molecule has 1 aromatic rings. The number of methoxy groups -OCH3 is 1. The quantitative estimate of drug-likeness (QED) is 0.398. The van der Waals surface area contributed by atoms with Crippen molar-refractivity contribution in [2.75, 3.05) is 46.4 Å². The number of sulfonamides is 1. The Morgan fingerprint density at radius 3 is 1.97 bits per heavy atom. The Balaban J connectivity index is 2.23. The summed E-state index contributed by atoms with van der Waals surface area (Å²) in [6.45, 7) is 0.786. The molecular formula is C16H19F6N3O3S2. The number of hydrogen-bond acceptors (Lipinski definition) is 4. The van der Waals surface area contributed by atoms with Crippen LogP contribution in [0.2, 0.25) is 0 Å². The zero-order valence-electron chi connectivity index (χ0n) is 15.7. The van der Waals surface area contributed by atoms with Gasteiger partial charge in [-0.15, -0.1) is 0 Å². The van der Waals surface area contributed by atoms with E-state index in [1.165, 1.54) is 7.11 Å². The molecule has 0 unspecified atom stereocenters. The van der Waals surface area contributed by atoms with Gasteiger partial charge in [-0.25, -0.2) is 8.42 Å². The van der Waals surface area contributed by atoms with E-state index in [-0.39, 0.29) is 44.4 Å². The average Bonchev–Trinajstić information content (AvgIpc) is 2.66. The minimum absolute atomic E-state index is 0.110. The van der Waals surface area contributed by atoms with Crippen molar-refractivity contribution in [3.05, 3.63) is 29.3 Å². The van der Waals surface area contributed by atoms with Gasteiger partial charge in [-0.3, -0.25) is 0 Å². The predicted molar refractivity (Wildman–Crippen MR) is 99.3 cm³/mol. The number of rotatable bonds is 5. The summed E-state index contributed by atoms with van der Waals surface area (Å²) in [5.41, 5.74) is -3.36. The van der Waals surface area contributed by atoms with Gasteiger partial charge in [-0.2, -0.15) is 30.6 Å². The summed E-state index contributed by atoms with van der Waals surface area (Å²) in [5, 5.41) is 3.25. The predicted octanol–water partition coefficient (Wildman–Crippen LogP) is 2.55. The summed E-state index contributed by atoms with van der Waals surface area (Å²) < 4.78 is 109. The number of thiocarbonyl (C=S) groups is 1. The second kappa shape index (κ2) is 9.24. The highest BCUT2D eigenvalue weighted by Gasteiger charge is 2.39. The lowest BCUT2D eigenvalue weighted by Gasteiger charge is -2.35. The number of nitrogens with zero attached hydrogens (tertiary/aromatic N) is 2. The molecule has 0 amide bonds. The topological polar surface area (TPSA) is 61.9 Å². The summed E-state index contributed by atoms with van der Waals surface area (Å²) in [5.74, 6) is 0. The lowest BCUT2D eigenvalue weighted by molar-refractivity contribution is -0.143. The second-order valence-corrected chi connectivity index (χ2v) is 8.68. The van der Waals surface area contributed by atoms with E-state index >= 15 is 0 Å². The summed E-state index contributed by atoms with van der Waals surface area (Å²) in [4.78, 5) is 0.600. The van der Waals surface area contributed by atoms with Crippen LogP contribution in [0.25, 0.3) is 0 Å². The van der Waals surface area contributed by atoms with E-state index in [9.17, 15) is 34.8 Å². The average molecular weight is 479 g/mol. The van der Waals surface area contributed by atoms with Gasteiger partial charge in [-0.1, -0.05) is 0 Å². The second-order valence-electron chi connectivity index (χ2n) is 6.36. The maximum atomic E-state index is 13.0. The van der Waals surface area contributed by atoms with E-state index in [0.29, 0.717) is 18.3 Å². The molecule has 0 saturated carbocycles. The first-order chi connectivity index (χ1) is 13.8. The third-order valence-corrected chi connectivity index (χ3v) is 6.59. The number of alkyl halides is 6. The standard InChI is InChI=1S/C16H19F6N3O3S2/c1-28-7-2-23-14(29)24-3-5-25(6-4-24)30(26,27)13-9-11(15(17,18)19)8-12(10-13)16(20,21)22/h8-10H,2-7H2,1H3,(H,23,29). The van der Waals surface area contributed by atoms with Crippen LogP contribution >= 0.6 is 12.2 Å². The maximum Gasteiger partial charge on any atom is 0.416 e. The van der Waals surface area contributed by atoms with Crippen LogP contribution in [0.15, 0.2) is 23.1 Å². The van der Waals surface area contributed by atoms with Gasteiger partial charge >= 0.3 is 12.4 Å². The highest BCUT2D eigenvalue weighted by molar-refractivity contribution is 7.89. The molecule has 1 fully saturated rings. The van der Waals surface area contributed by atoms with E-state index in [1.807, 2.05) is 0 Å². The number of ether oxygens (including phenoxy) is 1. The van der Waals surface area contributed by atoms with Crippen molar-refractivity contribution in [1.82, 2.24) is 14.5 Å². The Labute approximate surface area is 174 Å². The number of benzene rings is 1. The van der Waals surface area contributed by atoms with Gasteiger partial charge in [0.25, 0.3) is 0 Å². The molecule has 0 radical (unpaired) electrons. The molecule has 0 spiro atoms. The molecule has 2 rings (SSSR count). The lowest BCUT2D eigenvalue weighted by atomic mass is 10.1. The molecular weight excluding hydrogens is 460 g/mol. The van der Waals surface area contributed by atoms with Crippen LogP contribution in [0.5, 0.6) is 0 Å². The van der Waals surface area contributed by atoms with Gasteiger partial charge in [0.1, 0.15) is 0 Å². The van der Waals surface area contributed by atoms with Crippen molar-refractivity contribution in [2.24, 2.45) is 0 Å². The first-order valence-corrected chi connectivity index (χ1v) is 10.4. The zero-order valence-corrected chi connectivity index (χ0v) is 17.3. The molecule has 170 valence electrons. The summed E-state index contributed by atoms with van der Waals surface area (Å²) in [7, 11) is -3.07. The van der Waals surface area contributed by atoms with Gasteiger partial charge in [0.15, 0.2) is 5.11 Å². The van der Waals surface area contributed by atoms with Crippen LogP contribution in [0.4, 0.5) is 26.3 Å². The Morgan fingerprint density at radius 2 is 1.53 bits per heavy atom. The molecule has 0 aliphatic carbocycles. The van der Waals surface area contributed by atoms with Crippen LogP contribution < -0.4 is 5.32 Å². The molecule has 1 heterocycles. The summed E-state index contributed by atoms with van der Waals surface area (Å²) >= 11 is 5.17. The van der Waals surface area contributed by atoms with E-state index < -0.39 is 38.4 Å². The molecule has 0 atom stereocenters. The number of halogens is 6. The fourth-order valence-electron chi connectivity index (χ4n) is 2.73. The van der Waals surface area contributed by atoms with Crippen LogP contribution in [-0.4, -0.2) is 69.2 Å². The minimum Gasteiger partial charge on any atom is -0.383 e. The molecule has 30 heavy (non-hydrogen) atoms. The third kappa shape index (κ3) is 5.95. The monoisotopic (exact) mass is 479 g/mol. The zero-order chi connectivity index (χ0) is 22.7. The number of hydrogen-bond donors (Lipinski definition) is 1. The highest BCUT2D eigenvalue weighted by atomic mass is 32.2. The van der Waals surface area contributed by atoms with Crippen LogP contribution in [0, 0.1) is 0 Å². The van der Waals surface area contributed by atoms with Crippen molar-refractivity contribution in [2.45, 2.75) is 17.2 Å². The molecule has 6 nitrogen and oxygen atoms in total. The normalized spacial score (nSPS) is 16.6. The lowest BCUT2D eigenvalue weighted by Crippen LogP contribution is -2.53. The van der Waals surface area contributed by atoms with Crippen LogP contribution in [0.3, 0.4) is 0 Å². The number of nitrogens with one attached hydrogen (secondary N) is 1. The SMILES string of the molecule is COCCNC(=S)N1CCN(S(=O)(=O)c2cc(C(F)(F)F)cc(C(F)(F)F)c2)CC1. The van der Waals surface area contributed by atoms with Gasteiger partial charge in [-0.05, 0) is 30.4 Å². The van der Waals surface area contributed by atoms with E-state index in [1.54, 1.807) is 4.90 Å². The molecule has 14 heteroatoms. The molecule has 0 aromatic heterocycles. The molecule has 1 N–H and O–H groups in total. The Hall–Kier alpha value is -1.64. The highest BCUT2D eigenvalue weighted by Crippen LogP contribution is 2.37. The summed E-state index contributed by atoms with van der Waals surface area (Å²) in [6, 6.07) is 0.322. The van der Waals surface area contributed by atoms with Crippen LogP contribution in [0.1, 0.15) is 11.1 Å². The fourth-order valence-corrected chi connectivity index (χ4v) is 4.51. The molecule has 1 aliphatic rings. The fraction of sp³-hybridized carbons (Fsp3) is 0.562. The van der Waals surface area contributed by atoms with Gasteiger partial charge in [0.05, 0.1) is 22.6 Å². The number of piperazine rings is 1. The smallest absolute Gasteiger partial charge is 0.383 e. The van der Waals surface area contributed by atoms with Gasteiger partial charge in [0, 0.05) is 39.8 Å². The Bertz CT molecular complexity index is 834. The van der Waals surface area contributed by atoms with Crippen molar-refractivity contribution in [3.8, 4) is 0 Å². The van der Waals surface area contributed by atoms with Crippen molar-refractivity contribution >= 4 is 27.4 Å². The van der Waals surface area contributed by atoms with Crippen molar-refractivity contribution in [3.63, 3.8) is 0 Å². The molecule has 0 bridgehead atoms. The van der Waals surface area contributed by atoms with E-state index in [2.05, 4.69) is 5.32 Å². The van der Waals surface area contributed by atoms with Crippen LogP contribution in [-0.2, 0) is 27.1 Å². The minimum atomic E-state index is -5.13. The van der Waals surface area contributed by atoms with Gasteiger partial charge < -0.3 is 15.0 Å². The molecule has 1 aromatic carbocycles. The molecule has 1 aliphatic heterocycles.